The number of hydrogen-bond acceptors (Lipinski definition) is 11. The number of aromatic nitrogens is 4. The number of rotatable bonds is 9. The van der Waals surface area contributed by atoms with Gasteiger partial charge in [0.1, 0.15) is 16.6 Å². The number of carbonyl (C=O) groups excluding carboxylic acids is 1. The minimum absolute atomic E-state index is 0.0400. The summed E-state index contributed by atoms with van der Waals surface area (Å²) in [5.74, 6) is -0.873. The van der Waals surface area contributed by atoms with E-state index >= 15 is 0 Å². The van der Waals surface area contributed by atoms with Crippen molar-refractivity contribution in [3.05, 3.63) is 70.8 Å². The minimum Gasteiger partial charge on any atom is -0.493 e. The molecule has 0 saturated carbocycles. The second-order valence-corrected chi connectivity index (χ2v) is 9.44. The summed E-state index contributed by atoms with van der Waals surface area (Å²) in [7, 11) is 4.35. The predicted octanol–water partition coefficient (Wildman–Crippen LogP) is 4.69. The van der Waals surface area contributed by atoms with E-state index in [0.717, 1.165) is 27.5 Å². The highest BCUT2D eigenvalue weighted by atomic mass is 32.1. The molecule has 0 saturated heterocycles. The van der Waals surface area contributed by atoms with Crippen LogP contribution < -0.4 is 14.2 Å². The molecule has 38 heavy (non-hydrogen) atoms. The lowest BCUT2D eigenvalue weighted by atomic mass is 9.89. The van der Waals surface area contributed by atoms with Gasteiger partial charge in [-0.1, -0.05) is 16.6 Å². The summed E-state index contributed by atoms with van der Waals surface area (Å²) in [5, 5.41) is 14.4. The van der Waals surface area contributed by atoms with Gasteiger partial charge in [0.25, 0.3) is 0 Å². The summed E-state index contributed by atoms with van der Waals surface area (Å²) in [6, 6.07) is 13.4. The van der Waals surface area contributed by atoms with Gasteiger partial charge in [-0.05, 0) is 59.1 Å². The van der Waals surface area contributed by atoms with Crippen LogP contribution in [0.25, 0.3) is 26.8 Å². The van der Waals surface area contributed by atoms with Gasteiger partial charge in [0, 0.05) is 17.6 Å². The number of methoxy groups -OCH3 is 3. The van der Waals surface area contributed by atoms with Crippen molar-refractivity contribution in [3.8, 4) is 17.2 Å². The number of carbonyl (C=O) groups is 2. The quantitative estimate of drug-likeness (QED) is 0.204. The van der Waals surface area contributed by atoms with Crippen LogP contribution in [-0.4, -0.2) is 56.5 Å². The molecule has 1 N–H and O–H groups in total. The van der Waals surface area contributed by atoms with Crippen molar-refractivity contribution in [2.75, 3.05) is 21.3 Å². The fourth-order valence-electron chi connectivity index (χ4n) is 4.17. The van der Waals surface area contributed by atoms with Gasteiger partial charge in [0.2, 0.25) is 5.75 Å². The molecule has 0 bridgehead atoms. The van der Waals surface area contributed by atoms with E-state index < -0.39 is 11.8 Å². The molecule has 10 nitrogen and oxygen atoms in total. The van der Waals surface area contributed by atoms with Crippen LogP contribution in [0.2, 0.25) is 0 Å². The zero-order valence-corrected chi connectivity index (χ0v) is 22.1. The fourth-order valence-corrected chi connectivity index (χ4v) is 5.31. The Morgan fingerprint density at radius 2 is 1.55 bits per heavy atom. The van der Waals surface area contributed by atoms with Crippen molar-refractivity contribution in [2.45, 2.75) is 6.42 Å². The zero-order chi connectivity index (χ0) is 26.8. The number of ketones is 1. The van der Waals surface area contributed by atoms with Gasteiger partial charge < -0.3 is 19.3 Å². The second-order valence-electron chi connectivity index (χ2n) is 8.12. The molecule has 2 aromatic heterocycles. The third kappa shape index (κ3) is 4.66. The van der Waals surface area contributed by atoms with E-state index in [0.29, 0.717) is 22.3 Å². The molecule has 0 unspecified atom stereocenters. The number of aliphatic carboxylic acids is 1. The Morgan fingerprint density at radius 1 is 0.842 bits per heavy atom. The van der Waals surface area contributed by atoms with Gasteiger partial charge >= 0.3 is 5.97 Å². The van der Waals surface area contributed by atoms with Crippen LogP contribution in [0.5, 0.6) is 17.2 Å². The lowest BCUT2D eigenvalue weighted by molar-refractivity contribution is -0.130. The first kappa shape index (κ1) is 25.2. The van der Waals surface area contributed by atoms with Crippen molar-refractivity contribution >= 4 is 61.8 Å². The molecular formula is C26H20N4O6S2. The molecule has 2 heterocycles. The van der Waals surface area contributed by atoms with Crippen molar-refractivity contribution in [3.63, 3.8) is 0 Å². The molecule has 0 amide bonds. The SMILES string of the molecule is COc1cc(C(=O)C(Cc2ccc3nnsc3c2)=C(C(=O)O)c2ccc3nsnc3c2)cc(OC)c1OC. The molecule has 0 aliphatic carbocycles. The highest BCUT2D eigenvalue weighted by Gasteiger charge is 2.26. The highest BCUT2D eigenvalue weighted by Crippen LogP contribution is 2.39. The lowest BCUT2D eigenvalue weighted by Crippen LogP contribution is -2.14. The van der Waals surface area contributed by atoms with E-state index in [4.69, 9.17) is 14.2 Å². The maximum Gasteiger partial charge on any atom is 0.336 e. The number of hydrogen-bond donors (Lipinski definition) is 1. The normalized spacial score (nSPS) is 11.9. The molecule has 3 aromatic carbocycles. The van der Waals surface area contributed by atoms with Crippen LogP contribution in [-0.2, 0) is 11.2 Å². The average molecular weight is 549 g/mol. The molecule has 0 spiro atoms. The van der Waals surface area contributed by atoms with Gasteiger partial charge in [0.05, 0.1) is 43.3 Å². The van der Waals surface area contributed by atoms with Gasteiger partial charge in [-0.2, -0.15) is 8.75 Å². The first-order valence-electron chi connectivity index (χ1n) is 11.2. The second kappa shape index (κ2) is 10.5. The Bertz CT molecular complexity index is 1700. The third-order valence-electron chi connectivity index (χ3n) is 5.95. The maximum absolute atomic E-state index is 14.1. The molecule has 0 radical (unpaired) electrons. The van der Waals surface area contributed by atoms with Crippen molar-refractivity contribution in [1.29, 1.82) is 0 Å². The Labute approximate surface area is 224 Å². The number of Topliss-reactive ketones (excluding diaryl/α,β-unsaturated/α-hetero) is 1. The van der Waals surface area contributed by atoms with E-state index in [1.54, 1.807) is 30.3 Å². The van der Waals surface area contributed by atoms with Gasteiger partial charge in [-0.3, -0.25) is 4.79 Å². The predicted molar refractivity (Wildman–Crippen MR) is 144 cm³/mol. The van der Waals surface area contributed by atoms with E-state index in [1.807, 2.05) is 6.07 Å². The van der Waals surface area contributed by atoms with Crippen LogP contribution in [0.1, 0.15) is 21.5 Å². The smallest absolute Gasteiger partial charge is 0.336 e. The number of fused-ring (bicyclic) bond motifs is 2. The van der Waals surface area contributed by atoms with Crippen LogP contribution in [0.4, 0.5) is 0 Å². The Kier molecular flexibility index (Phi) is 6.99. The first-order chi connectivity index (χ1) is 18.4. The molecule has 0 aliphatic rings. The van der Waals surface area contributed by atoms with Gasteiger partial charge in [-0.15, -0.1) is 5.10 Å². The lowest BCUT2D eigenvalue weighted by Gasteiger charge is -2.16. The van der Waals surface area contributed by atoms with Crippen molar-refractivity contribution in [1.82, 2.24) is 18.3 Å². The molecule has 5 rings (SSSR count). The number of carboxylic acids is 1. The third-order valence-corrected chi connectivity index (χ3v) is 7.20. The summed E-state index contributed by atoms with van der Waals surface area (Å²) < 4.78 is 29.4. The van der Waals surface area contributed by atoms with Crippen LogP contribution in [0.15, 0.2) is 54.1 Å². The summed E-state index contributed by atoms with van der Waals surface area (Å²) in [5.41, 5.74) is 3.10. The molecule has 192 valence electrons. The van der Waals surface area contributed by atoms with E-state index in [-0.39, 0.29) is 34.6 Å². The molecular weight excluding hydrogens is 528 g/mol. The summed E-state index contributed by atoms with van der Waals surface area (Å²) in [6.45, 7) is 0. The number of carboxylic acid groups (broad SMARTS) is 1. The van der Waals surface area contributed by atoms with Gasteiger partial charge in [0.15, 0.2) is 17.3 Å². The monoisotopic (exact) mass is 548 g/mol. The average Bonchev–Trinajstić information content (AvgIpc) is 3.60. The fraction of sp³-hybridized carbons (Fsp3) is 0.154. The standard InChI is InChI=1S/C26H20N4O6S2/c1-34-20-11-15(12-21(35-2)25(20)36-3)24(31)16(8-13-4-6-18-22(9-13)37-30-27-18)23(26(32)33)14-5-7-17-19(10-14)29-38-28-17/h4-7,9-12H,8H2,1-3H3,(H,32,33). The Morgan fingerprint density at radius 3 is 2.24 bits per heavy atom. The van der Waals surface area contributed by atoms with Crippen LogP contribution >= 0.6 is 23.3 Å². The number of benzene rings is 3. The molecule has 0 fully saturated rings. The summed E-state index contributed by atoms with van der Waals surface area (Å²) in [4.78, 5) is 26.8. The van der Waals surface area contributed by atoms with E-state index in [1.165, 1.54) is 45.0 Å². The summed E-state index contributed by atoms with van der Waals surface area (Å²) >= 11 is 2.25. The largest absolute Gasteiger partial charge is 0.493 e. The van der Waals surface area contributed by atoms with Gasteiger partial charge in [-0.25, -0.2) is 4.79 Å². The number of ether oxygens (including phenoxy) is 3. The van der Waals surface area contributed by atoms with Crippen LogP contribution in [0, 0.1) is 0 Å². The maximum atomic E-state index is 14.1. The van der Waals surface area contributed by atoms with Crippen LogP contribution in [0.3, 0.4) is 0 Å². The molecule has 0 aliphatic heterocycles. The molecule has 12 heteroatoms. The molecule has 5 aromatic rings. The zero-order valence-electron chi connectivity index (χ0n) is 20.4. The number of nitrogens with zero attached hydrogens (tertiary/aromatic N) is 4. The van der Waals surface area contributed by atoms with E-state index in [2.05, 4.69) is 18.3 Å². The van der Waals surface area contributed by atoms with E-state index in [9.17, 15) is 14.7 Å². The summed E-state index contributed by atoms with van der Waals surface area (Å²) in [6.07, 6.45) is 0.0400. The Balaban J connectivity index is 1.72. The topological polar surface area (TPSA) is 134 Å². The number of allylic oxidation sites excluding steroid dienone is 1. The minimum atomic E-state index is -1.25. The Hall–Kier alpha value is -4.42. The first-order valence-corrected chi connectivity index (χ1v) is 12.7. The van der Waals surface area contributed by atoms with Crippen molar-refractivity contribution in [2.24, 2.45) is 0 Å². The molecule has 0 atom stereocenters. The van der Waals surface area contributed by atoms with Crippen molar-refractivity contribution < 1.29 is 28.9 Å². The highest BCUT2D eigenvalue weighted by molar-refractivity contribution is 7.12.